The van der Waals surface area contributed by atoms with E-state index in [-0.39, 0.29) is 5.75 Å². The Morgan fingerprint density at radius 3 is 2.76 bits per heavy atom. The van der Waals surface area contributed by atoms with Gasteiger partial charge in [0.05, 0.1) is 6.54 Å². The maximum atomic E-state index is 9.67. The van der Waals surface area contributed by atoms with E-state index < -0.39 is 0 Å². The van der Waals surface area contributed by atoms with Crippen LogP contribution in [-0.2, 0) is 6.54 Å². The molecule has 0 atom stereocenters. The van der Waals surface area contributed by atoms with Crippen molar-refractivity contribution in [1.82, 2.24) is 4.98 Å². The Kier molecular flexibility index (Phi) is 3.28. The summed E-state index contributed by atoms with van der Waals surface area (Å²) in [7, 11) is 0. The molecule has 0 bridgehead atoms. The Morgan fingerprint density at radius 2 is 2.00 bits per heavy atom. The highest BCUT2D eigenvalue weighted by atomic mass is 16.3. The van der Waals surface area contributed by atoms with Gasteiger partial charge in [0.1, 0.15) is 11.4 Å². The van der Waals surface area contributed by atoms with Crippen molar-refractivity contribution in [3.05, 3.63) is 53.3 Å². The molecule has 0 aliphatic rings. The minimum absolute atomic E-state index is 0.232. The highest BCUT2D eigenvalue weighted by molar-refractivity contribution is 5.46. The van der Waals surface area contributed by atoms with Gasteiger partial charge < -0.3 is 10.4 Å². The van der Waals surface area contributed by atoms with Crippen LogP contribution in [0.1, 0.15) is 17.0 Å². The second-order valence-corrected chi connectivity index (χ2v) is 4.14. The van der Waals surface area contributed by atoms with Crippen molar-refractivity contribution in [2.45, 2.75) is 20.4 Å². The number of aryl methyl sites for hydroxylation is 2. The van der Waals surface area contributed by atoms with Crippen molar-refractivity contribution in [2.24, 2.45) is 0 Å². The maximum Gasteiger partial charge on any atom is 0.138 e. The first-order valence-electron chi connectivity index (χ1n) is 5.61. The fourth-order valence-electron chi connectivity index (χ4n) is 1.67. The minimum Gasteiger partial charge on any atom is -0.506 e. The van der Waals surface area contributed by atoms with Gasteiger partial charge in [-0.05, 0) is 43.7 Å². The molecule has 0 radical (unpaired) electrons. The lowest BCUT2D eigenvalue weighted by Gasteiger charge is -2.08. The second kappa shape index (κ2) is 4.87. The zero-order valence-electron chi connectivity index (χ0n) is 10.1. The molecule has 2 aromatic rings. The summed E-state index contributed by atoms with van der Waals surface area (Å²) < 4.78 is 0. The van der Waals surface area contributed by atoms with E-state index in [0.29, 0.717) is 12.2 Å². The molecule has 0 unspecified atom stereocenters. The molecule has 0 fully saturated rings. The maximum absolute atomic E-state index is 9.67. The average Bonchev–Trinajstić information content (AvgIpc) is 2.30. The number of hydrogen-bond acceptors (Lipinski definition) is 3. The molecule has 1 aromatic heterocycles. The van der Waals surface area contributed by atoms with Crippen LogP contribution in [0.15, 0.2) is 36.4 Å². The first kappa shape index (κ1) is 11.5. The average molecular weight is 228 g/mol. The number of anilines is 1. The third-order valence-corrected chi connectivity index (χ3v) is 2.57. The summed E-state index contributed by atoms with van der Waals surface area (Å²) in [5, 5.41) is 12.9. The Labute approximate surface area is 101 Å². The zero-order chi connectivity index (χ0) is 12.3. The van der Waals surface area contributed by atoms with Crippen LogP contribution in [0.2, 0.25) is 0 Å². The van der Waals surface area contributed by atoms with Gasteiger partial charge in [-0.1, -0.05) is 12.1 Å². The van der Waals surface area contributed by atoms with Gasteiger partial charge in [-0.25, -0.2) is 0 Å². The molecule has 1 heterocycles. The topological polar surface area (TPSA) is 45.2 Å². The summed E-state index contributed by atoms with van der Waals surface area (Å²) in [5.41, 5.74) is 3.82. The van der Waals surface area contributed by atoms with E-state index in [9.17, 15) is 5.11 Å². The Bertz CT molecular complexity index is 523. The molecular weight excluding hydrogens is 212 g/mol. The third kappa shape index (κ3) is 2.97. The molecule has 3 nitrogen and oxygen atoms in total. The van der Waals surface area contributed by atoms with Gasteiger partial charge in [-0.2, -0.15) is 0 Å². The van der Waals surface area contributed by atoms with Crippen LogP contribution >= 0.6 is 0 Å². The van der Waals surface area contributed by atoms with Crippen LogP contribution in [0, 0.1) is 13.8 Å². The van der Waals surface area contributed by atoms with Crippen LogP contribution in [0.5, 0.6) is 5.75 Å². The highest BCUT2D eigenvalue weighted by Gasteiger charge is 2.02. The van der Waals surface area contributed by atoms with E-state index in [2.05, 4.69) is 16.4 Å². The minimum atomic E-state index is 0.232. The summed E-state index contributed by atoms with van der Waals surface area (Å²) in [6.45, 7) is 4.49. The molecule has 0 amide bonds. The number of aromatic nitrogens is 1. The molecule has 3 heteroatoms. The second-order valence-electron chi connectivity index (χ2n) is 4.14. The van der Waals surface area contributed by atoms with Crippen molar-refractivity contribution in [2.75, 3.05) is 5.32 Å². The lowest BCUT2D eigenvalue weighted by Crippen LogP contribution is -2.02. The van der Waals surface area contributed by atoms with E-state index in [1.807, 2.05) is 32.0 Å². The van der Waals surface area contributed by atoms with Crippen LogP contribution in [0.25, 0.3) is 0 Å². The molecule has 17 heavy (non-hydrogen) atoms. The molecular formula is C14H16N2O. The lowest BCUT2D eigenvalue weighted by atomic mass is 10.2. The number of benzene rings is 1. The van der Waals surface area contributed by atoms with E-state index in [1.165, 1.54) is 5.56 Å². The van der Waals surface area contributed by atoms with Crippen molar-refractivity contribution < 1.29 is 5.11 Å². The van der Waals surface area contributed by atoms with Gasteiger partial charge in [0, 0.05) is 11.4 Å². The SMILES string of the molecule is Cc1cccc(NCc2nc(C)ccc2O)c1. The van der Waals surface area contributed by atoms with Gasteiger partial charge in [-0.3, -0.25) is 4.98 Å². The number of nitrogens with one attached hydrogen (secondary N) is 1. The summed E-state index contributed by atoms with van der Waals surface area (Å²) in [6.07, 6.45) is 0. The van der Waals surface area contributed by atoms with Crippen LogP contribution in [-0.4, -0.2) is 10.1 Å². The molecule has 0 spiro atoms. The van der Waals surface area contributed by atoms with Crippen LogP contribution < -0.4 is 5.32 Å². The Hall–Kier alpha value is -2.03. The fourth-order valence-corrected chi connectivity index (χ4v) is 1.67. The monoisotopic (exact) mass is 228 g/mol. The summed E-state index contributed by atoms with van der Waals surface area (Å²) >= 11 is 0. The van der Waals surface area contributed by atoms with Crippen LogP contribution in [0.4, 0.5) is 5.69 Å². The van der Waals surface area contributed by atoms with Crippen molar-refractivity contribution >= 4 is 5.69 Å². The summed E-state index contributed by atoms with van der Waals surface area (Å²) in [5.74, 6) is 0.232. The van der Waals surface area contributed by atoms with Gasteiger partial charge in [0.25, 0.3) is 0 Å². The largest absolute Gasteiger partial charge is 0.506 e. The molecule has 88 valence electrons. The van der Waals surface area contributed by atoms with Crippen molar-refractivity contribution in [1.29, 1.82) is 0 Å². The molecule has 2 N–H and O–H groups in total. The van der Waals surface area contributed by atoms with Crippen molar-refractivity contribution in [3.8, 4) is 5.75 Å². The zero-order valence-corrected chi connectivity index (χ0v) is 10.1. The van der Waals surface area contributed by atoms with Gasteiger partial charge in [0.2, 0.25) is 0 Å². The predicted octanol–water partition coefficient (Wildman–Crippen LogP) is 3.02. The summed E-state index contributed by atoms with van der Waals surface area (Å²) in [4.78, 5) is 4.30. The number of nitrogens with zero attached hydrogens (tertiary/aromatic N) is 1. The number of aromatic hydroxyl groups is 1. The molecule has 0 aliphatic carbocycles. The molecule has 0 saturated heterocycles. The smallest absolute Gasteiger partial charge is 0.138 e. The normalized spacial score (nSPS) is 10.2. The molecule has 2 rings (SSSR count). The Morgan fingerprint density at radius 1 is 1.18 bits per heavy atom. The molecule has 0 saturated carbocycles. The fraction of sp³-hybridized carbons (Fsp3) is 0.214. The number of rotatable bonds is 3. The molecule has 0 aliphatic heterocycles. The quantitative estimate of drug-likeness (QED) is 0.848. The van der Waals surface area contributed by atoms with Gasteiger partial charge >= 0.3 is 0 Å². The number of pyridine rings is 1. The molecule has 1 aromatic carbocycles. The third-order valence-electron chi connectivity index (χ3n) is 2.57. The van der Waals surface area contributed by atoms with E-state index in [4.69, 9.17) is 0 Å². The van der Waals surface area contributed by atoms with E-state index >= 15 is 0 Å². The van der Waals surface area contributed by atoms with Crippen LogP contribution in [0.3, 0.4) is 0 Å². The highest BCUT2D eigenvalue weighted by Crippen LogP contribution is 2.17. The standard InChI is InChI=1S/C14H16N2O/c1-10-4-3-5-12(8-10)15-9-13-14(17)7-6-11(2)16-13/h3-8,15,17H,9H2,1-2H3. The first-order valence-corrected chi connectivity index (χ1v) is 5.61. The Balaban J connectivity index is 2.09. The van der Waals surface area contributed by atoms with E-state index in [1.54, 1.807) is 12.1 Å². The summed E-state index contributed by atoms with van der Waals surface area (Å²) in [6, 6.07) is 11.6. The van der Waals surface area contributed by atoms with Crippen molar-refractivity contribution in [3.63, 3.8) is 0 Å². The van der Waals surface area contributed by atoms with Gasteiger partial charge in [0.15, 0.2) is 0 Å². The first-order chi connectivity index (χ1) is 8.15. The van der Waals surface area contributed by atoms with E-state index in [0.717, 1.165) is 11.4 Å². The lowest BCUT2D eigenvalue weighted by molar-refractivity contribution is 0.464. The predicted molar refractivity (Wildman–Crippen MR) is 69.1 cm³/mol. The number of hydrogen-bond donors (Lipinski definition) is 2. The van der Waals surface area contributed by atoms with Gasteiger partial charge in [-0.15, -0.1) is 0 Å².